The SMILES string of the molecule is CC(C)(C)OC(=O)N1CCC(C2Cc3ccccc3C(O)C2)CC1. The number of aliphatic hydroxyl groups is 1. The van der Waals surface area contributed by atoms with Gasteiger partial charge in [0.2, 0.25) is 0 Å². The Bertz CT molecular complexity index is 585. The van der Waals surface area contributed by atoms with Crippen LogP contribution in [0.4, 0.5) is 4.79 Å². The smallest absolute Gasteiger partial charge is 0.410 e. The summed E-state index contributed by atoms with van der Waals surface area (Å²) in [5.74, 6) is 1.09. The molecule has 2 unspecified atom stereocenters. The third kappa shape index (κ3) is 3.92. The first-order chi connectivity index (χ1) is 11.3. The van der Waals surface area contributed by atoms with Crippen LogP contribution < -0.4 is 0 Å². The lowest BCUT2D eigenvalue weighted by Crippen LogP contribution is -2.43. The average Bonchev–Trinajstić information content (AvgIpc) is 2.53. The van der Waals surface area contributed by atoms with Gasteiger partial charge in [-0.05, 0) is 69.4 Å². The van der Waals surface area contributed by atoms with E-state index in [0.29, 0.717) is 11.8 Å². The van der Waals surface area contributed by atoms with E-state index in [4.69, 9.17) is 4.74 Å². The normalized spacial score (nSPS) is 25.2. The Morgan fingerprint density at radius 1 is 1.17 bits per heavy atom. The Morgan fingerprint density at radius 2 is 1.83 bits per heavy atom. The minimum absolute atomic E-state index is 0.199. The number of likely N-dealkylation sites (tertiary alicyclic amines) is 1. The van der Waals surface area contributed by atoms with Gasteiger partial charge in [-0.3, -0.25) is 0 Å². The highest BCUT2D eigenvalue weighted by Crippen LogP contribution is 2.40. The van der Waals surface area contributed by atoms with E-state index in [1.165, 1.54) is 5.56 Å². The van der Waals surface area contributed by atoms with E-state index in [1.807, 2.05) is 37.8 Å². The molecule has 1 saturated heterocycles. The largest absolute Gasteiger partial charge is 0.444 e. The Labute approximate surface area is 144 Å². The first-order valence-electron chi connectivity index (χ1n) is 9.07. The summed E-state index contributed by atoms with van der Waals surface area (Å²) in [6, 6.07) is 8.24. The molecule has 1 aliphatic heterocycles. The van der Waals surface area contributed by atoms with E-state index in [1.54, 1.807) is 0 Å². The zero-order valence-corrected chi connectivity index (χ0v) is 15.0. The van der Waals surface area contributed by atoms with E-state index in [0.717, 1.165) is 44.3 Å². The third-order valence-electron chi connectivity index (χ3n) is 5.28. The van der Waals surface area contributed by atoms with Gasteiger partial charge < -0.3 is 14.7 Å². The number of ether oxygens (including phenoxy) is 1. The van der Waals surface area contributed by atoms with Crippen LogP contribution in [0.2, 0.25) is 0 Å². The van der Waals surface area contributed by atoms with Crippen LogP contribution in [0.5, 0.6) is 0 Å². The lowest BCUT2D eigenvalue weighted by Gasteiger charge is -2.39. The molecular weight excluding hydrogens is 302 g/mol. The Balaban J connectivity index is 1.57. The molecular formula is C20H29NO3. The second-order valence-corrected chi connectivity index (χ2v) is 8.22. The molecule has 24 heavy (non-hydrogen) atoms. The molecule has 0 radical (unpaired) electrons. The molecule has 1 aliphatic carbocycles. The molecule has 1 N–H and O–H groups in total. The molecule has 2 aliphatic rings. The fraction of sp³-hybridized carbons (Fsp3) is 0.650. The molecule has 3 rings (SSSR count). The van der Waals surface area contributed by atoms with Crippen LogP contribution in [0.25, 0.3) is 0 Å². The minimum Gasteiger partial charge on any atom is -0.444 e. The second-order valence-electron chi connectivity index (χ2n) is 8.22. The van der Waals surface area contributed by atoms with Crippen LogP contribution >= 0.6 is 0 Å². The van der Waals surface area contributed by atoms with Gasteiger partial charge in [-0.1, -0.05) is 24.3 Å². The maximum Gasteiger partial charge on any atom is 0.410 e. The molecule has 4 heteroatoms. The summed E-state index contributed by atoms with van der Waals surface area (Å²) < 4.78 is 5.47. The van der Waals surface area contributed by atoms with E-state index in [-0.39, 0.29) is 12.2 Å². The Kier molecular flexibility index (Phi) is 4.86. The topological polar surface area (TPSA) is 49.8 Å². The molecule has 1 amide bonds. The molecule has 0 bridgehead atoms. The second kappa shape index (κ2) is 6.75. The number of benzene rings is 1. The number of amides is 1. The van der Waals surface area contributed by atoms with Crippen molar-refractivity contribution in [3.63, 3.8) is 0 Å². The highest BCUT2D eigenvalue weighted by Gasteiger charge is 2.34. The van der Waals surface area contributed by atoms with Crippen molar-refractivity contribution in [1.82, 2.24) is 4.90 Å². The maximum atomic E-state index is 12.2. The van der Waals surface area contributed by atoms with Crippen molar-refractivity contribution in [2.75, 3.05) is 13.1 Å². The van der Waals surface area contributed by atoms with E-state index < -0.39 is 5.60 Å². The number of hydrogen-bond acceptors (Lipinski definition) is 3. The van der Waals surface area contributed by atoms with Crippen molar-refractivity contribution >= 4 is 6.09 Å². The van der Waals surface area contributed by atoms with Gasteiger partial charge >= 0.3 is 6.09 Å². The van der Waals surface area contributed by atoms with Crippen LogP contribution in [-0.4, -0.2) is 34.8 Å². The van der Waals surface area contributed by atoms with Crippen molar-refractivity contribution in [2.45, 2.75) is 58.2 Å². The first-order valence-corrected chi connectivity index (χ1v) is 9.07. The van der Waals surface area contributed by atoms with Gasteiger partial charge in [-0.2, -0.15) is 0 Å². The molecule has 4 nitrogen and oxygen atoms in total. The van der Waals surface area contributed by atoms with E-state index >= 15 is 0 Å². The predicted molar refractivity (Wildman–Crippen MR) is 93.7 cm³/mol. The Morgan fingerprint density at radius 3 is 2.50 bits per heavy atom. The van der Waals surface area contributed by atoms with Gasteiger partial charge in [-0.15, -0.1) is 0 Å². The number of aliphatic hydroxyl groups excluding tert-OH is 1. The summed E-state index contributed by atoms with van der Waals surface area (Å²) in [6.45, 7) is 7.22. The fourth-order valence-corrected chi connectivity index (χ4v) is 4.06. The van der Waals surface area contributed by atoms with E-state index in [9.17, 15) is 9.90 Å². The number of carbonyl (C=O) groups is 1. The van der Waals surface area contributed by atoms with Crippen LogP contribution in [0, 0.1) is 11.8 Å². The van der Waals surface area contributed by atoms with Crippen LogP contribution in [0.15, 0.2) is 24.3 Å². The zero-order chi connectivity index (χ0) is 17.3. The fourth-order valence-electron chi connectivity index (χ4n) is 4.06. The van der Waals surface area contributed by atoms with E-state index in [2.05, 4.69) is 12.1 Å². The molecule has 2 atom stereocenters. The van der Waals surface area contributed by atoms with Gasteiger partial charge in [0.15, 0.2) is 0 Å². The van der Waals surface area contributed by atoms with Gasteiger partial charge in [0.25, 0.3) is 0 Å². The number of piperidine rings is 1. The molecule has 1 aromatic carbocycles. The van der Waals surface area contributed by atoms with Crippen molar-refractivity contribution in [3.8, 4) is 0 Å². The summed E-state index contributed by atoms with van der Waals surface area (Å²) in [5, 5.41) is 10.4. The molecule has 1 fully saturated rings. The molecule has 132 valence electrons. The Hall–Kier alpha value is -1.55. The summed E-state index contributed by atoms with van der Waals surface area (Å²) in [4.78, 5) is 14.0. The quantitative estimate of drug-likeness (QED) is 0.848. The van der Waals surface area contributed by atoms with Crippen molar-refractivity contribution in [2.24, 2.45) is 11.8 Å². The predicted octanol–water partition coefficient (Wildman–Crippen LogP) is 3.93. The zero-order valence-electron chi connectivity index (χ0n) is 15.0. The molecule has 0 spiro atoms. The first kappa shape index (κ1) is 17.3. The number of carbonyl (C=O) groups excluding carboxylic acids is 1. The highest BCUT2D eigenvalue weighted by atomic mass is 16.6. The number of rotatable bonds is 1. The van der Waals surface area contributed by atoms with Crippen molar-refractivity contribution < 1.29 is 14.6 Å². The number of fused-ring (bicyclic) bond motifs is 1. The van der Waals surface area contributed by atoms with Crippen LogP contribution in [0.3, 0.4) is 0 Å². The number of nitrogens with zero attached hydrogens (tertiary/aromatic N) is 1. The van der Waals surface area contributed by atoms with Crippen molar-refractivity contribution in [3.05, 3.63) is 35.4 Å². The van der Waals surface area contributed by atoms with Crippen molar-refractivity contribution in [1.29, 1.82) is 0 Å². The van der Waals surface area contributed by atoms with Crippen LogP contribution in [0.1, 0.15) is 57.3 Å². The molecule has 1 aromatic rings. The summed E-state index contributed by atoms with van der Waals surface area (Å²) in [6.07, 6.45) is 3.34. The van der Waals surface area contributed by atoms with Gasteiger partial charge in [-0.25, -0.2) is 4.79 Å². The maximum absolute atomic E-state index is 12.2. The minimum atomic E-state index is -0.439. The lowest BCUT2D eigenvalue weighted by atomic mass is 9.73. The standard InChI is InChI=1S/C20H29NO3/c1-20(2,3)24-19(23)21-10-8-14(9-11-21)16-12-15-6-4-5-7-17(15)18(22)13-16/h4-7,14,16,18,22H,8-13H2,1-3H3. The monoisotopic (exact) mass is 331 g/mol. The lowest BCUT2D eigenvalue weighted by molar-refractivity contribution is 0.0131. The third-order valence-corrected chi connectivity index (χ3v) is 5.28. The van der Waals surface area contributed by atoms with Gasteiger partial charge in [0, 0.05) is 13.1 Å². The highest BCUT2D eigenvalue weighted by molar-refractivity contribution is 5.68. The van der Waals surface area contributed by atoms with Crippen LogP contribution in [-0.2, 0) is 11.2 Å². The molecule has 0 saturated carbocycles. The average molecular weight is 331 g/mol. The molecule has 1 heterocycles. The summed E-state index contributed by atoms with van der Waals surface area (Å²) in [7, 11) is 0. The van der Waals surface area contributed by atoms with Gasteiger partial charge in [0.05, 0.1) is 6.10 Å². The summed E-state index contributed by atoms with van der Waals surface area (Å²) >= 11 is 0. The summed E-state index contributed by atoms with van der Waals surface area (Å²) in [5.41, 5.74) is 1.95. The van der Waals surface area contributed by atoms with Gasteiger partial charge in [0.1, 0.15) is 5.60 Å². The molecule has 0 aromatic heterocycles. The number of hydrogen-bond donors (Lipinski definition) is 1.